The first kappa shape index (κ1) is 32.0. The Morgan fingerprint density at radius 3 is 1.18 bits per heavy atom. The van der Waals surface area contributed by atoms with Gasteiger partial charge in [0.05, 0.1) is 26.9 Å². The zero-order valence-corrected chi connectivity index (χ0v) is 27.8. The lowest BCUT2D eigenvalue weighted by atomic mass is 9.73. The lowest BCUT2D eigenvalue weighted by molar-refractivity contribution is -0.126. The molecule has 5 nitrogen and oxygen atoms in total. The first-order valence-electron chi connectivity index (χ1n) is 14.6. The number of carbonyl (C=O) groups excluding carboxylic acids is 1. The molecule has 1 amide bonds. The number of hydrogen-bond acceptors (Lipinski definition) is 4. The van der Waals surface area contributed by atoms with Gasteiger partial charge in [0.25, 0.3) is 0 Å². The van der Waals surface area contributed by atoms with Gasteiger partial charge in [-0.3, -0.25) is 10.1 Å². The third-order valence-corrected chi connectivity index (χ3v) is 8.17. The van der Waals surface area contributed by atoms with E-state index < -0.39 is 0 Å². The van der Waals surface area contributed by atoms with Crippen molar-refractivity contribution in [1.29, 1.82) is 0 Å². The molecule has 1 aliphatic heterocycles. The average Bonchev–Trinajstić information content (AvgIpc) is 3.13. The molecule has 1 saturated heterocycles. The molecule has 0 unspecified atom stereocenters. The van der Waals surface area contributed by atoms with Crippen molar-refractivity contribution >= 4 is 5.91 Å². The van der Waals surface area contributed by atoms with Gasteiger partial charge in [0, 0.05) is 35.2 Å². The largest absolute Gasteiger partial charge is 0.496 e. The third kappa shape index (κ3) is 6.20. The van der Waals surface area contributed by atoms with Crippen LogP contribution in [0.3, 0.4) is 0 Å². The van der Waals surface area contributed by atoms with Crippen LogP contribution < -0.4 is 14.8 Å². The van der Waals surface area contributed by atoms with Crippen molar-refractivity contribution in [1.82, 2.24) is 10.2 Å². The Morgan fingerprint density at radius 1 is 0.675 bits per heavy atom. The monoisotopic (exact) mass is 550 g/mol. The van der Waals surface area contributed by atoms with E-state index in [0.29, 0.717) is 6.54 Å². The third-order valence-electron chi connectivity index (χ3n) is 8.17. The highest BCUT2D eigenvalue weighted by Gasteiger charge is 2.39. The Bertz CT molecular complexity index is 1100. The number of benzene rings is 2. The molecule has 2 aromatic carbocycles. The summed E-state index contributed by atoms with van der Waals surface area (Å²) >= 11 is 0. The van der Waals surface area contributed by atoms with Crippen LogP contribution in [0.5, 0.6) is 11.5 Å². The Balaban J connectivity index is 2.51. The smallest absolute Gasteiger partial charge is 0.237 e. The SMILES string of the molecule is COc1c(C(C)(C)C)cc(C(c2cc(C(C)(C)C)c(OC)c(C(C)(C)C)c2)[C@@H]2NCC(=O)N2C)cc1C(C)(C)C. The van der Waals surface area contributed by atoms with Crippen molar-refractivity contribution in [2.75, 3.05) is 27.8 Å². The molecule has 222 valence electrons. The van der Waals surface area contributed by atoms with Crippen LogP contribution in [0.15, 0.2) is 24.3 Å². The molecule has 1 fully saturated rings. The molecule has 0 spiro atoms. The summed E-state index contributed by atoms with van der Waals surface area (Å²) in [6.45, 7) is 27.2. The van der Waals surface area contributed by atoms with Crippen molar-refractivity contribution in [3.8, 4) is 11.5 Å². The summed E-state index contributed by atoms with van der Waals surface area (Å²) in [6, 6.07) is 9.26. The average molecular weight is 551 g/mol. The molecular weight excluding hydrogens is 496 g/mol. The number of likely N-dealkylation sites (N-methyl/N-ethyl adjacent to an activating group) is 1. The Labute approximate surface area is 244 Å². The number of hydrogen-bond donors (Lipinski definition) is 1. The maximum Gasteiger partial charge on any atom is 0.237 e. The Kier molecular flexibility index (Phi) is 8.56. The van der Waals surface area contributed by atoms with Crippen molar-refractivity contribution in [2.45, 2.75) is 117 Å². The second kappa shape index (κ2) is 10.7. The fourth-order valence-corrected chi connectivity index (χ4v) is 5.84. The molecule has 1 atom stereocenters. The number of methoxy groups -OCH3 is 2. The molecule has 5 heteroatoms. The summed E-state index contributed by atoms with van der Waals surface area (Å²) < 4.78 is 12.2. The van der Waals surface area contributed by atoms with Gasteiger partial charge in [0.15, 0.2) is 0 Å². The second-order valence-electron chi connectivity index (χ2n) is 15.6. The minimum absolute atomic E-state index is 0.0994. The van der Waals surface area contributed by atoms with E-state index >= 15 is 0 Å². The molecule has 0 saturated carbocycles. The second-order valence-corrected chi connectivity index (χ2v) is 15.6. The van der Waals surface area contributed by atoms with Crippen LogP contribution in [0.4, 0.5) is 0 Å². The molecule has 0 radical (unpaired) electrons. The first-order chi connectivity index (χ1) is 18.1. The van der Waals surface area contributed by atoms with Crippen LogP contribution in [0, 0.1) is 0 Å². The quantitative estimate of drug-likeness (QED) is 0.421. The first-order valence-corrected chi connectivity index (χ1v) is 14.6. The van der Waals surface area contributed by atoms with Gasteiger partial charge >= 0.3 is 0 Å². The van der Waals surface area contributed by atoms with Crippen LogP contribution in [0.2, 0.25) is 0 Å². The number of nitrogens with one attached hydrogen (secondary N) is 1. The molecule has 2 aromatic rings. The molecule has 1 N–H and O–H groups in total. The van der Waals surface area contributed by atoms with Crippen molar-refractivity contribution in [3.05, 3.63) is 57.6 Å². The minimum Gasteiger partial charge on any atom is -0.496 e. The van der Waals surface area contributed by atoms with Crippen LogP contribution in [-0.2, 0) is 26.5 Å². The molecule has 3 rings (SSSR count). The number of nitrogens with zero attached hydrogens (tertiary/aromatic N) is 1. The summed E-state index contributed by atoms with van der Waals surface area (Å²) in [7, 11) is 5.46. The Morgan fingerprint density at radius 2 is 0.975 bits per heavy atom. The molecule has 1 heterocycles. The number of rotatable bonds is 5. The summed E-state index contributed by atoms with van der Waals surface area (Å²) in [5, 5.41) is 3.56. The predicted octanol–water partition coefficient (Wildman–Crippen LogP) is 7.41. The van der Waals surface area contributed by atoms with Gasteiger partial charge in [0.2, 0.25) is 5.91 Å². The van der Waals surface area contributed by atoms with Crippen LogP contribution in [0.1, 0.15) is 122 Å². The molecular formula is C35H54N2O3. The molecule has 40 heavy (non-hydrogen) atoms. The van der Waals surface area contributed by atoms with Crippen molar-refractivity contribution < 1.29 is 14.3 Å². The van der Waals surface area contributed by atoms with E-state index in [0.717, 1.165) is 11.5 Å². The van der Waals surface area contributed by atoms with Crippen LogP contribution in [0.25, 0.3) is 0 Å². The van der Waals surface area contributed by atoms with Gasteiger partial charge < -0.3 is 14.4 Å². The fraction of sp³-hybridized carbons (Fsp3) is 0.629. The summed E-state index contributed by atoms with van der Waals surface area (Å²) in [5.74, 6) is 1.91. The fourth-order valence-electron chi connectivity index (χ4n) is 5.84. The number of carbonyl (C=O) groups is 1. The van der Waals surface area contributed by atoms with Crippen LogP contribution in [-0.4, -0.2) is 44.8 Å². The predicted molar refractivity (Wildman–Crippen MR) is 167 cm³/mol. The zero-order valence-electron chi connectivity index (χ0n) is 27.8. The summed E-state index contributed by atoms with van der Waals surface area (Å²) in [5.41, 5.74) is 6.52. The zero-order chi connectivity index (χ0) is 30.6. The van der Waals surface area contributed by atoms with Crippen molar-refractivity contribution in [2.24, 2.45) is 0 Å². The van der Waals surface area contributed by atoms with Gasteiger partial charge in [-0.15, -0.1) is 0 Å². The van der Waals surface area contributed by atoms with Gasteiger partial charge in [-0.25, -0.2) is 0 Å². The summed E-state index contributed by atoms with van der Waals surface area (Å²) in [6.07, 6.45) is -0.185. The van der Waals surface area contributed by atoms with E-state index in [1.165, 1.54) is 33.4 Å². The maximum atomic E-state index is 12.9. The van der Waals surface area contributed by atoms with Gasteiger partial charge in [-0.1, -0.05) is 107 Å². The standard InChI is InChI=1S/C35H54N2O3/c1-32(2,3)23-16-21(17-24(29(23)39-14)33(4,5)6)28(31-36-20-27(38)37(31)13)22-18-25(34(7,8)9)30(40-15)26(19-22)35(10,11)12/h16-19,28,31,36H,20H2,1-15H3/t31-/m1/s1. The highest BCUT2D eigenvalue weighted by Crippen LogP contribution is 2.47. The normalized spacial score (nSPS) is 17.1. The lowest BCUT2D eigenvalue weighted by Crippen LogP contribution is -2.40. The highest BCUT2D eigenvalue weighted by molar-refractivity contribution is 5.80. The van der Waals surface area contributed by atoms with E-state index in [9.17, 15) is 4.79 Å². The molecule has 1 aliphatic rings. The molecule has 0 aromatic heterocycles. The van der Waals surface area contributed by atoms with E-state index in [2.05, 4.69) is 113 Å². The topological polar surface area (TPSA) is 50.8 Å². The van der Waals surface area contributed by atoms with Crippen LogP contribution >= 0.6 is 0 Å². The lowest BCUT2D eigenvalue weighted by Gasteiger charge is -2.36. The maximum absolute atomic E-state index is 12.9. The van der Waals surface area contributed by atoms with E-state index in [1.54, 1.807) is 14.2 Å². The van der Waals surface area contributed by atoms with E-state index in [4.69, 9.17) is 9.47 Å². The molecule has 0 bridgehead atoms. The summed E-state index contributed by atoms with van der Waals surface area (Å²) in [4.78, 5) is 14.8. The minimum atomic E-state index is -0.185. The highest BCUT2D eigenvalue weighted by atomic mass is 16.5. The van der Waals surface area contributed by atoms with Crippen molar-refractivity contribution in [3.63, 3.8) is 0 Å². The number of amides is 1. The van der Waals surface area contributed by atoms with Gasteiger partial charge in [0.1, 0.15) is 11.5 Å². The van der Waals surface area contributed by atoms with E-state index in [1.807, 2.05) is 11.9 Å². The molecule has 0 aliphatic carbocycles. The van der Waals surface area contributed by atoms with Gasteiger partial charge in [-0.05, 0) is 32.8 Å². The van der Waals surface area contributed by atoms with Gasteiger partial charge in [-0.2, -0.15) is 0 Å². The van der Waals surface area contributed by atoms with E-state index in [-0.39, 0.29) is 39.7 Å². The number of ether oxygens (including phenoxy) is 2. The Hall–Kier alpha value is -2.53.